The van der Waals surface area contributed by atoms with Crippen LogP contribution in [-0.2, 0) is 0 Å². The van der Waals surface area contributed by atoms with Crippen molar-refractivity contribution in [2.75, 3.05) is 0 Å². The summed E-state index contributed by atoms with van der Waals surface area (Å²) in [6.07, 6.45) is -0.146. The van der Waals surface area contributed by atoms with Crippen molar-refractivity contribution in [1.82, 2.24) is 44.9 Å². The maximum absolute atomic E-state index is 8.69. The lowest BCUT2D eigenvalue weighted by atomic mass is 9.93. The van der Waals surface area contributed by atoms with Crippen LogP contribution in [0.2, 0.25) is 0 Å². The number of fused-ring (bicyclic) bond motifs is 9. The van der Waals surface area contributed by atoms with Gasteiger partial charge >= 0.3 is 0 Å². The fourth-order valence-electron chi connectivity index (χ4n) is 15.1. The minimum atomic E-state index is -0.392. The van der Waals surface area contributed by atoms with Crippen molar-refractivity contribution in [3.8, 4) is 113 Å². The topological polar surface area (TPSA) is 116 Å². The van der Waals surface area contributed by atoms with E-state index >= 15 is 0 Å². The molecule has 0 bridgehead atoms. The van der Waals surface area contributed by atoms with Gasteiger partial charge in [0.05, 0.1) is 61.8 Å². The fraction of sp³-hybridized carbons (Fsp3) is 0.00943. The number of benzene rings is 15. The van der Waals surface area contributed by atoms with Gasteiger partial charge < -0.3 is 0 Å². The lowest BCUT2D eigenvalue weighted by molar-refractivity contribution is 1.17. The van der Waals surface area contributed by atoms with Gasteiger partial charge in [0.2, 0.25) is 0 Å². The average Bonchev–Trinajstić information content (AvgIpc) is 0.763. The molecule has 115 heavy (non-hydrogen) atoms. The lowest BCUT2D eigenvalue weighted by Crippen LogP contribution is -1.97. The maximum Gasteiger partial charge on any atom is 0.160 e. The van der Waals surface area contributed by atoms with E-state index in [2.05, 4.69) is 196 Å². The molecule has 0 aliphatic rings. The first-order valence-electron chi connectivity index (χ1n) is 43.6. The van der Waals surface area contributed by atoms with E-state index in [0.29, 0.717) is 34.2 Å². The molecule has 0 atom stereocenters. The molecule has 9 nitrogen and oxygen atoms in total. The minimum Gasteiger partial charge on any atom is -0.265 e. The van der Waals surface area contributed by atoms with Gasteiger partial charge in [-0.15, -0.1) is 0 Å². The van der Waals surface area contributed by atoms with Crippen molar-refractivity contribution in [3.63, 3.8) is 0 Å². The number of aromatic nitrogens is 9. The molecule has 0 radical (unpaired) electrons. The van der Waals surface area contributed by atoms with Gasteiger partial charge in [0.1, 0.15) is 0 Å². The van der Waals surface area contributed by atoms with Crippen molar-refractivity contribution in [1.29, 1.82) is 0 Å². The summed E-state index contributed by atoms with van der Waals surface area (Å²) >= 11 is 0. The number of pyridine rings is 5. The molecule has 7 aromatic heterocycles. The highest BCUT2D eigenvalue weighted by molar-refractivity contribution is 6.04. The van der Waals surface area contributed by atoms with Gasteiger partial charge in [0.25, 0.3) is 0 Å². The van der Waals surface area contributed by atoms with Crippen LogP contribution < -0.4 is 0 Å². The first-order valence-corrected chi connectivity index (χ1v) is 37.6. The van der Waals surface area contributed by atoms with Crippen molar-refractivity contribution in [2.45, 2.75) is 6.92 Å². The normalized spacial score (nSPS) is 12.8. The van der Waals surface area contributed by atoms with Gasteiger partial charge in [-0.1, -0.05) is 224 Å². The largest absolute Gasteiger partial charge is 0.265 e. The predicted molar refractivity (Wildman–Crippen MR) is 476 cm³/mol. The van der Waals surface area contributed by atoms with E-state index in [-0.39, 0.29) is 89.3 Å². The van der Waals surface area contributed by atoms with Crippen molar-refractivity contribution < 1.29 is 16.4 Å². The Morgan fingerprint density at radius 2 is 0.557 bits per heavy atom. The number of nitrogens with zero attached hydrogens (tertiary/aromatic N) is 9. The molecule has 0 saturated carbocycles. The minimum absolute atomic E-state index is 0.00799. The Morgan fingerprint density at radius 3 is 1.02 bits per heavy atom. The van der Waals surface area contributed by atoms with Crippen LogP contribution in [0, 0.1) is 6.92 Å². The standard InChI is InChI=1S/C39H26N2.C35H23N3.C32H20N4/c1-25-36(32-15-13-30-18-26-8-2-4-10-28(26)20-34(30)22-32)24-38(41-39(25)37-12-6-7-17-40-37)33-16-14-31-19-27-9-3-5-11-29(27)21-35(31)23-33;1-2-6-24(7-3-1)25-10-12-26(13-11-25)33-23-34(38-35(37-33)27-16-18-36-19-17-27)31-15-14-30-20-28-8-4-5-9-29(28)21-32(30)22-31;1-2-6-23-16-27-17-26(10-9-24(27)15-22(23)5-1)30-19-31(36-32(35-30)21-11-13-33-14-12-21)28-18-25-7-3-4-8-29(25)34-20-28/h2-24H,1H3;1-23H;1-20H/i6D,7D,12D,17D;16D,17D,18D,19D;11D,12D,13D,14D. The third kappa shape index (κ3) is 14.2. The van der Waals surface area contributed by atoms with Gasteiger partial charge in [-0.2, -0.15) is 0 Å². The lowest BCUT2D eigenvalue weighted by Gasteiger charge is -2.15. The van der Waals surface area contributed by atoms with Crippen molar-refractivity contribution in [3.05, 3.63) is 406 Å². The second kappa shape index (κ2) is 30.1. The zero-order valence-electron chi connectivity index (χ0n) is 73.7. The third-order valence-electron chi connectivity index (χ3n) is 21.0. The van der Waals surface area contributed by atoms with Gasteiger partial charge in [-0.25, -0.2) is 24.9 Å². The molecular formula is C106H69N9. The summed E-state index contributed by atoms with van der Waals surface area (Å²) in [6.45, 7) is 1.95. The van der Waals surface area contributed by atoms with E-state index in [4.69, 9.17) is 41.4 Å². The maximum atomic E-state index is 8.69. The van der Waals surface area contributed by atoms with Crippen LogP contribution in [0.15, 0.2) is 401 Å². The second-order valence-corrected chi connectivity index (χ2v) is 28.2. The van der Waals surface area contributed by atoms with Gasteiger partial charge in [0.15, 0.2) is 11.6 Å². The third-order valence-corrected chi connectivity index (χ3v) is 21.0. The summed E-state index contributed by atoms with van der Waals surface area (Å²) in [5, 5.41) is 19.1. The zero-order valence-corrected chi connectivity index (χ0v) is 61.7. The molecule has 0 aliphatic carbocycles. The molecule has 0 fully saturated rings. The Labute approximate surface area is 680 Å². The average molecular weight is 1480 g/mol. The van der Waals surface area contributed by atoms with Gasteiger partial charge in [-0.05, 0) is 260 Å². The Hall–Kier alpha value is -15.5. The highest BCUT2D eigenvalue weighted by atomic mass is 14.9. The van der Waals surface area contributed by atoms with Crippen LogP contribution in [0.25, 0.3) is 210 Å². The van der Waals surface area contributed by atoms with Crippen molar-refractivity contribution in [2.24, 2.45) is 0 Å². The summed E-state index contributed by atoms with van der Waals surface area (Å²) in [4.78, 5) is 40.4. The van der Waals surface area contributed by atoms with E-state index in [1.165, 1.54) is 26.9 Å². The van der Waals surface area contributed by atoms with Gasteiger partial charge in [-0.3, -0.25) is 19.9 Å². The molecule has 538 valence electrons. The highest BCUT2D eigenvalue weighted by Crippen LogP contribution is 2.40. The van der Waals surface area contributed by atoms with Crippen LogP contribution in [0.4, 0.5) is 0 Å². The SMILES string of the molecule is [2H]c1nc(-c2nc(-c3ccc4cc5ccccc5cc4c3)cc(-c3ccc4cc5ccccc5cc4c3)c2C)c([2H])c([2H])c1[2H].[2H]c1nc([2H])c([2H])c(-c2nc(-c3ccc(-c4ccccc4)cc3)cc(-c3ccc4cc5ccccc5cc4c3)n2)c1[2H].[2H]c1nc([2H])c([2H])c(-c2nc(-c3ccc4cc5ccccc5cc4c3)cc(-c3cnc4ccccc4c3)n2)c1[2H]. The molecule has 22 rings (SSSR count). The molecule has 9 heteroatoms. The Bertz CT molecular complexity index is 8240. The van der Waals surface area contributed by atoms with Gasteiger partial charge in [0, 0.05) is 81.4 Å². The van der Waals surface area contributed by atoms with E-state index < -0.39 is 12.3 Å². The molecular weight excluding hydrogens is 1400 g/mol. The van der Waals surface area contributed by atoms with Crippen LogP contribution in [0.3, 0.4) is 0 Å². The Morgan fingerprint density at radius 1 is 0.217 bits per heavy atom. The van der Waals surface area contributed by atoms with Crippen LogP contribution in [-0.4, -0.2) is 44.9 Å². The molecule has 0 aliphatic heterocycles. The molecule has 0 saturated heterocycles. The molecule has 7 heterocycles. The molecule has 22 aromatic rings. The molecule has 0 spiro atoms. The number of hydrogen-bond acceptors (Lipinski definition) is 9. The molecule has 0 amide bonds. The van der Waals surface area contributed by atoms with Crippen LogP contribution >= 0.6 is 0 Å². The Balaban J connectivity index is 0.000000120. The number of para-hydroxylation sites is 1. The van der Waals surface area contributed by atoms with Crippen LogP contribution in [0.5, 0.6) is 0 Å². The van der Waals surface area contributed by atoms with E-state index in [1.54, 1.807) is 6.20 Å². The summed E-state index contributed by atoms with van der Waals surface area (Å²) in [7, 11) is 0. The smallest absolute Gasteiger partial charge is 0.160 e. The monoisotopic (exact) mass is 1480 g/mol. The highest BCUT2D eigenvalue weighted by Gasteiger charge is 2.19. The molecule has 0 N–H and O–H groups in total. The first kappa shape index (κ1) is 56.7. The quantitative estimate of drug-likeness (QED) is 0.123. The predicted octanol–water partition coefficient (Wildman–Crippen LogP) is 27.0. The van der Waals surface area contributed by atoms with E-state index in [9.17, 15) is 0 Å². The summed E-state index contributed by atoms with van der Waals surface area (Å²) in [5.74, 6) is 0.214. The second-order valence-electron chi connectivity index (χ2n) is 28.2. The molecule has 0 unspecified atom stereocenters. The Kier molecular flexibility index (Phi) is 14.8. The van der Waals surface area contributed by atoms with Crippen molar-refractivity contribution >= 4 is 97.1 Å². The molecule has 15 aromatic carbocycles. The summed E-state index contributed by atoms with van der Waals surface area (Å²) in [5.41, 5.74) is 13.6. The fourth-order valence-corrected chi connectivity index (χ4v) is 15.1. The zero-order chi connectivity index (χ0) is 87.0. The number of hydrogen-bond donors (Lipinski definition) is 0. The first-order chi connectivity index (χ1) is 61.7. The van der Waals surface area contributed by atoms with E-state index in [1.807, 2.05) is 153 Å². The van der Waals surface area contributed by atoms with Crippen LogP contribution in [0.1, 0.15) is 22.0 Å². The van der Waals surface area contributed by atoms with E-state index in [0.717, 1.165) is 126 Å². The summed E-state index contributed by atoms with van der Waals surface area (Å²) < 4.78 is 99.5. The summed E-state index contributed by atoms with van der Waals surface area (Å²) in [6, 6.07) is 107. The number of rotatable bonds is 10.